The second kappa shape index (κ2) is 7.92. The molecule has 0 unspecified atom stereocenters. The van der Waals surface area contributed by atoms with E-state index in [-0.39, 0.29) is 17.9 Å². The van der Waals surface area contributed by atoms with Gasteiger partial charge in [0.05, 0.1) is 0 Å². The van der Waals surface area contributed by atoms with Crippen LogP contribution in [0.15, 0.2) is 0 Å². The molecule has 0 bridgehead atoms. The Kier molecular flexibility index (Phi) is 6.43. The van der Waals surface area contributed by atoms with Crippen molar-refractivity contribution in [1.82, 2.24) is 16.2 Å². The summed E-state index contributed by atoms with van der Waals surface area (Å²) in [6, 6.07) is -0.331. The molecule has 1 aliphatic carbocycles. The lowest BCUT2D eigenvalue weighted by Gasteiger charge is -2.20. The minimum absolute atomic E-state index is 0.0599. The first-order chi connectivity index (χ1) is 8.24. The van der Waals surface area contributed by atoms with Crippen LogP contribution in [-0.4, -0.2) is 18.5 Å². The highest BCUT2D eigenvalue weighted by Crippen LogP contribution is 2.23. The van der Waals surface area contributed by atoms with Gasteiger partial charge < -0.3 is 5.32 Å². The zero-order valence-corrected chi connectivity index (χ0v) is 10.6. The summed E-state index contributed by atoms with van der Waals surface area (Å²) in [4.78, 5) is 22.9. The van der Waals surface area contributed by atoms with E-state index in [1.54, 1.807) is 0 Å². The van der Waals surface area contributed by atoms with Gasteiger partial charge in [-0.3, -0.25) is 10.2 Å². The van der Waals surface area contributed by atoms with E-state index < -0.39 is 0 Å². The fraction of sp³-hybridized carbons (Fsp3) is 0.833. The molecule has 1 fully saturated rings. The number of hydrogen-bond donors (Lipinski definition) is 3. The molecule has 0 aromatic rings. The van der Waals surface area contributed by atoms with Crippen molar-refractivity contribution in [2.75, 3.05) is 6.54 Å². The predicted molar refractivity (Wildman–Crippen MR) is 66.2 cm³/mol. The Hall–Kier alpha value is -1.26. The zero-order valence-electron chi connectivity index (χ0n) is 10.6. The van der Waals surface area contributed by atoms with Crippen molar-refractivity contribution in [1.29, 1.82) is 0 Å². The van der Waals surface area contributed by atoms with Gasteiger partial charge in [-0.2, -0.15) is 0 Å². The maximum Gasteiger partial charge on any atom is 0.333 e. The van der Waals surface area contributed by atoms with E-state index in [1.165, 1.54) is 6.42 Å². The van der Waals surface area contributed by atoms with Gasteiger partial charge in [0.2, 0.25) is 5.91 Å². The molecule has 98 valence electrons. The molecule has 0 aromatic heterocycles. The highest BCUT2D eigenvalue weighted by Gasteiger charge is 2.21. The van der Waals surface area contributed by atoms with E-state index in [0.29, 0.717) is 6.54 Å². The molecule has 0 aromatic carbocycles. The normalized spacial score (nSPS) is 16.3. The molecule has 0 heterocycles. The van der Waals surface area contributed by atoms with E-state index in [2.05, 4.69) is 23.1 Å². The first kappa shape index (κ1) is 13.8. The lowest BCUT2D eigenvalue weighted by atomic mass is 9.89. The average molecular weight is 241 g/mol. The molecule has 1 saturated carbocycles. The number of unbranched alkanes of at least 4 members (excludes halogenated alkanes) is 1. The Labute approximate surface area is 103 Å². The highest BCUT2D eigenvalue weighted by atomic mass is 16.2. The SMILES string of the molecule is CCCCNC(=O)NNC(=O)C1CCCCC1. The van der Waals surface area contributed by atoms with Gasteiger partial charge in [-0.05, 0) is 19.3 Å². The van der Waals surface area contributed by atoms with E-state index in [1.807, 2.05) is 0 Å². The topological polar surface area (TPSA) is 70.2 Å². The summed E-state index contributed by atoms with van der Waals surface area (Å²) in [7, 11) is 0. The maximum absolute atomic E-state index is 11.7. The summed E-state index contributed by atoms with van der Waals surface area (Å²) in [5.41, 5.74) is 4.87. The van der Waals surface area contributed by atoms with Crippen molar-refractivity contribution in [3.63, 3.8) is 0 Å². The van der Waals surface area contributed by atoms with Crippen LogP contribution in [0, 0.1) is 5.92 Å². The van der Waals surface area contributed by atoms with Gasteiger partial charge in [0.25, 0.3) is 0 Å². The molecule has 0 spiro atoms. The zero-order chi connectivity index (χ0) is 12.5. The number of amides is 3. The smallest absolute Gasteiger partial charge is 0.333 e. The van der Waals surface area contributed by atoms with E-state index in [9.17, 15) is 9.59 Å². The maximum atomic E-state index is 11.7. The average Bonchev–Trinajstić information content (AvgIpc) is 2.37. The Morgan fingerprint density at radius 2 is 1.82 bits per heavy atom. The molecular weight excluding hydrogens is 218 g/mol. The molecule has 1 rings (SSSR count). The van der Waals surface area contributed by atoms with Crippen LogP contribution in [0.3, 0.4) is 0 Å². The van der Waals surface area contributed by atoms with Gasteiger partial charge >= 0.3 is 6.03 Å². The number of rotatable bonds is 4. The first-order valence-corrected chi connectivity index (χ1v) is 6.57. The summed E-state index contributed by atoms with van der Waals surface area (Å²) in [6.07, 6.45) is 7.30. The van der Waals surface area contributed by atoms with E-state index >= 15 is 0 Å². The summed E-state index contributed by atoms with van der Waals surface area (Å²) in [5, 5.41) is 2.68. The second-order valence-electron chi connectivity index (χ2n) is 4.56. The van der Waals surface area contributed by atoms with Gasteiger partial charge in [-0.1, -0.05) is 32.6 Å². The monoisotopic (exact) mass is 241 g/mol. The molecule has 0 atom stereocenters. The summed E-state index contributed by atoms with van der Waals surface area (Å²) < 4.78 is 0. The third-order valence-corrected chi connectivity index (χ3v) is 3.09. The number of hydrogen-bond acceptors (Lipinski definition) is 2. The van der Waals surface area contributed by atoms with Gasteiger partial charge in [0.15, 0.2) is 0 Å². The van der Waals surface area contributed by atoms with Crippen LogP contribution in [0.4, 0.5) is 4.79 Å². The van der Waals surface area contributed by atoms with Crippen LogP contribution < -0.4 is 16.2 Å². The van der Waals surface area contributed by atoms with Crippen molar-refractivity contribution in [2.45, 2.75) is 51.9 Å². The molecule has 3 amide bonds. The number of urea groups is 1. The summed E-state index contributed by atoms with van der Waals surface area (Å²) >= 11 is 0. The Morgan fingerprint density at radius 3 is 2.47 bits per heavy atom. The lowest BCUT2D eigenvalue weighted by molar-refractivity contribution is -0.126. The molecule has 0 radical (unpaired) electrons. The van der Waals surface area contributed by atoms with Gasteiger partial charge in [-0.15, -0.1) is 0 Å². The molecule has 0 saturated heterocycles. The van der Waals surface area contributed by atoms with E-state index in [4.69, 9.17) is 0 Å². The third-order valence-electron chi connectivity index (χ3n) is 3.09. The highest BCUT2D eigenvalue weighted by molar-refractivity contribution is 5.82. The minimum Gasteiger partial charge on any atom is -0.337 e. The fourth-order valence-electron chi connectivity index (χ4n) is 2.01. The Bertz CT molecular complexity index is 250. The standard InChI is InChI=1S/C12H23N3O2/c1-2-3-9-13-12(17)15-14-11(16)10-7-5-4-6-8-10/h10H,2-9H2,1H3,(H,14,16)(H2,13,15,17). The van der Waals surface area contributed by atoms with Gasteiger partial charge in [0, 0.05) is 12.5 Å². The molecule has 5 nitrogen and oxygen atoms in total. The quantitative estimate of drug-likeness (QED) is 0.518. The number of nitrogens with one attached hydrogen (secondary N) is 3. The molecular formula is C12H23N3O2. The predicted octanol–water partition coefficient (Wildman–Crippen LogP) is 1.70. The Balaban J connectivity index is 2.11. The first-order valence-electron chi connectivity index (χ1n) is 6.57. The second-order valence-corrected chi connectivity index (χ2v) is 4.56. The molecule has 0 aliphatic heterocycles. The summed E-state index contributed by atoms with van der Waals surface area (Å²) in [5.74, 6) is 0.00929. The van der Waals surface area contributed by atoms with Crippen molar-refractivity contribution >= 4 is 11.9 Å². The van der Waals surface area contributed by atoms with Gasteiger partial charge in [0.1, 0.15) is 0 Å². The van der Waals surface area contributed by atoms with Crippen LogP contribution >= 0.6 is 0 Å². The minimum atomic E-state index is -0.331. The van der Waals surface area contributed by atoms with Crippen LogP contribution in [0.5, 0.6) is 0 Å². The van der Waals surface area contributed by atoms with Crippen LogP contribution in [0.1, 0.15) is 51.9 Å². The van der Waals surface area contributed by atoms with Crippen molar-refractivity contribution < 1.29 is 9.59 Å². The molecule has 3 N–H and O–H groups in total. The van der Waals surface area contributed by atoms with E-state index in [0.717, 1.165) is 38.5 Å². The largest absolute Gasteiger partial charge is 0.337 e. The van der Waals surface area contributed by atoms with Crippen molar-refractivity contribution in [3.05, 3.63) is 0 Å². The number of carbonyl (C=O) groups excluding carboxylic acids is 2. The fourth-order valence-corrected chi connectivity index (χ4v) is 2.01. The summed E-state index contributed by atoms with van der Waals surface area (Å²) in [6.45, 7) is 2.70. The van der Waals surface area contributed by atoms with Crippen LogP contribution in [-0.2, 0) is 4.79 Å². The molecule has 17 heavy (non-hydrogen) atoms. The van der Waals surface area contributed by atoms with Crippen LogP contribution in [0.2, 0.25) is 0 Å². The number of carbonyl (C=O) groups is 2. The third kappa shape index (κ3) is 5.56. The van der Waals surface area contributed by atoms with Gasteiger partial charge in [-0.25, -0.2) is 10.2 Å². The van der Waals surface area contributed by atoms with Crippen molar-refractivity contribution in [3.8, 4) is 0 Å². The molecule has 5 heteroatoms. The lowest BCUT2D eigenvalue weighted by Crippen LogP contribution is -2.49. The Morgan fingerprint density at radius 1 is 1.12 bits per heavy atom. The molecule has 1 aliphatic rings. The van der Waals surface area contributed by atoms with Crippen molar-refractivity contribution in [2.24, 2.45) is 5.92 Å². The van der Waals surface area contributed by atoms with Crippen LogP contribution in [0.25, 0.3) is 0 Å². The number of hydrazine groups is 1.